The predicted molar refractivity (Wildman–Crippen MR) is 119 cm³/mol. The van der Waals surface area contributed by atoms with Gasteiger partial charge in [0.25, 0.3) is 0 Å². The van der Waals surface area contributed by atoms with E-state index < -0.39 is 0 Å². The molecule has 0 bridgehead atoms. The number of hydrogen-bond donors (Lipinski definition) is 0. The van der Waals surface area contributed by atoms with E-state index >= 15 is 0 Å². The first-order valence-electron chi connectivity index (χ1n) is 8.76. The van der Waals surface area contributed by atoms with Gasteiger partial charge in [0.15, 0.2) is 0 Å². The van der Waals surface area contributed by atoms with Gasteiger partial charge in [0, 0.05) is 16.7 Å². The first kappa shape index (κ1) is 17.9. The Bertz CT molecular complexity index is 1050. The molecule has 0 N–H and O–H groups in total. The lowest BCUT2D eigenvalue weighted by Crippen LogP contribution is -1.85. The Morgan fingerprint density at radius 2 is 1.30 bits per heavy atom. The Kier molecular flexibility index (Phi) is 5.03. The van der Waals surface area contributed by atoms with Crippen molar-refractivity contribution in [1.82, 2.24) is 0 Å². The van der Waals surface area contributed by atoms with Crippen LogP contribution in [0.1, 0.15) is 5.56 Å². The zero-order chi connectivity index (χ0) is 18.8. The van der Waals surface area contributed by atoms with E-state index in [0.717, 1.165) is 43.1 Å². The van der Waals surface area contributed by atoms with Gasteiger partial charge in [0.05, 0.1) is 10.7 Å². The fraction of sp³-hybridized carbons (Fsp3) is 0.0833. The Labute approximate surface area is 173 Å². The maximum absolute atomic E-state index is 6.44. The van der Waals surface area contributed by atoms with E-state index in [9.17, 15) is 0 Å². The van der Waals surface area contributed by atoms with E-state index in [1.165, 1.54) is 5.56 Å². The number of aryl methyl sites for hydroxylation is 1. The molecule has 0 atom stereocenters. The normalized spacial score (nSPS) is 10.8. The van der Waals surface area contributed by atoms with Crippen LogP contribution in [0, 0.1) is 10.5 Å². The number of benzene rings is 3. The van der Waals surface area contributed by atoms with Gasteiger partial charge in [0.1, 0.15) is 17.3 Å². The van der Waals surface area contributed by atoms with Crippen molar-refractivity contribution in [3.05, 3.63) is 88.0 Å². The van der Waals surface area contributed by atoms with Crippen molar-refractivity contribution >= 4 is 22.6 Å². The Balaban J connectivity index is 1.93. The van der Waals surface area contributed by atoms with Crippen LogP contribution in [0.15, 0.2) is 83.3 Å². The molecule has 2 nitrogen and oxygen atoms in total. The van der Waals surface area contributed by atoms with Crippen molar-refractivity contribution < 1.29 is 9.15 Å². The van der Waals surface area contributed by atoms with Crippen LogP contribution >= 0.6 is 22.6 Å². The molecule has 0 aliphatic carbocycles. The summed E-state index contributed by atoms with van der Waals surface area (Å²) in [6, 6.07) is 26.9. The summed E-state index contributed by atoms with van der Waals surface area (Å²) in [5.41, 5.74) is 5.62. The Hall–Kier alpha value is -2.53. The molecule has 0 saturated carbocycles. The third-order valence-electron chi connectivity index (χ3n) is 4.58. The largest absolute Gasteiger partial charge is 0.497 e. The lowest BCUT2D eigenvalue weighted by molar-refractivity contribution is 0.415. The molecule has 0 saturated heterocycles. The maximum Gasteiger partial charge on any atom is 0.148 e. The lowest BCUT2D eigenvalue weighted by atomic mass is 10.0. The summed E-state index contributed by atoms with van der Waals surface area (Å²) < 4.78 is 12.9. The molecule has 27 heavy (non-hydrogen) atoms. The molecule has 4 aromatic rings. The topological polar surface area (TPSA) is 22.4 Å². The van der Waals surface area contributed by atoms with Gasteiger partial charge in [-0.25, -0.2) is 0 Å². The second-order valence-electron chi connectivity index (χ2n) is 6.41. The van der Waals surface area contributed by atoms with Crippen molar-refractivity contribution in [3.63, 3.8) is 0 Å². The molecule has 134 valence electrons. The second kappa shape index (κ2) is 7.61. The number of ether oxygens (including phenoxy) is 1. The standard InChI is InChI=1S/C24H19IO2/c1-16-8-10-19(11-9-16)24-22(25)21(17-6-4-3-5-7-17)23(27-24)18-12-14-20(26-2)15-13-18/h3-15H,1-2H3. The van der Waals surface area contributed by atoms with Crippen molar-refractivity contribution in [3.8, 4) is 39.5 Å². The van der Waals surface area contributed by atoms with Crippen molar-refractivity contribution in [2.45, 2.75) is 6.92 Å². The molecule has 3 heteroatoms. The second-order valence-corrected chi connectivity index (χ2v) is 7.49. The minimum atomic E-state index is 0.833. The molecule has 1 aromatic heterocycles. The van der Waals surface area contributed by atoms with Crippen molar-refractivity contribution in [1.29, 1.82) is 0 Å². The highest BCUT2D eigenvalue weighted by molar-refractivity contribution is 14.1. The fourth-order valence-electron chi connectivity index (χ4n) is 3.11. The van der Waals surface area contributed by atoms with E-state index in [4.69, 9.17) is 9.15 Å². The summed E-state index contributed by atoms with van der Waals surface area (Å²) in [5.74, 6) is 2.61. The SMILES string of the molecule is COc1ccc(-c2oc(-c3ccc(C)cc3)c(I)c2-c2ccccc2)cc1. The van der Waals surface area contributed by atoms with Crippen LogP contribution < -0.4 is 4.74 Å². The highest BCUT2D eigenvalue weighted by Crippen LogP contribution is 2.44. The summed E-state index contributed by atoms with van der Waals surface area (Å²) >= 11 is 2.40. The molecule has 0 aliphatic heterocycles. The third kappa shape index (κ3) is 3.52. The van der Waals surface area contributed by atoms with Crippen molar-refractivity contribution in [2.24, 2.45) is 0 Å². The molecule has 0 aliphatic rings. The Morgan fingerprint density at radius 3 is 1.93 bits per heavy atom. The van der Waals surface area contributed by atoms with Crippen LogP contribution in [0.25, 0.3) is 33.8 Å². The summed E-state index contributed by atoms with van der Waals surface area (Å²) in [6.45, 7) is 2.09. The number of halogens is 1. The summed E-state index contributed by atoms with van der Waals surface area (Å²) in [7, 11) is 1.68. The number of furan rings is 1. The van der Waals surface area contributed by atoms with E-state index in [1.807, 2.05) is 30.3 Å². The lowest BCUT2D eigenvalue weighted by Gasteiger charge is -2.05. The number of hydrogen-bond acceptors (Lipinski definition) is 2. The molecular weight excluding hydrogens is 447 g/mol. The van der Waals surface area contributed by atoms with Gasteiger partial charge in [-0.3, -0.25) is 0 Å². The molecule has 3 aromatic carbocycles. The molecular formula is C24H19IO2. The zero-order valence-corrected chi connectivity index (χ0v) is 17.4. The van der Waals surface area contributed by atoms with Gasteiger partial charge in [-0.15, -0.1) is 0 Å². The van der Waals surface area contributed by atoms with Crippen LogP contribution in [0.3, 0.4) is 0 Å². The highest BCUT2D eigenvalue weighted by Gasteiger charge is 2.22. The zero-order valence-electron chi connectivity index (χ0n) is 15.2. The molecule has 0 amide bonds. The Morgan fingerprint density at radius 1 is 0.704 bits per heavy atom. The quantitative estimate of drug-likeness (QED) is 0.297. The molecule has 0 unspecified atom stereocenters. The predicted octanol–water partition coefficient (Wildman–Crippen LogP) is 7.20. The van der Waals surface area contributed by atoms with E-state index in [2.05, 4.69) is 78.0 Å². The number of rotatable bonds is 4. The van der Waals surface area contributed by atoms with Gasteiger partial charge >= 0.3 is 0 Å². The first-order chi connectivity index (χ1) is 13.2. The average molecular weight is 466 g/mol. The van der Waals surface area contributed by atoms with Gasteiger partial charge < -0.3 is 9.15 Å². The molecule has 0 spiro atoms. The minimum Gasteiger partial charge on any atom is -0.497 e. The average Bonchev–Trinajstić information content (AvgIpc) is 3.06. The van der Waals surface area contributed by atoms with Crippen LogP contribution in [0.5, 0.6) is 5.75 Å². The molecule has 1 heterocycles. The monoisotopic (exact) mass is 466 g/mol. The van der Waals surface area contributed by atoms with Crippen LogP contribution in [0.4, 0.5) is 0 Å². The van der Waals surface area contributed by atoms with E-state index in [-0.39, 0.29) is 0 Å². The summed E-state index contributed by atoms with van der Waals surface area (Å²) in [5, 5.41) is 0. The van der Waals surface area contributed by atoms with Gasteiger partial charge in [-0.2, -0.15) is 0 Å². The smallest absolute Gasteiger partial charge is 0.148 e. The highest BCUT2D eigenvalue weighted by atomic mass is 127. The van der Waals surface area contributed by atoms with Crippen molar-refractivity contribution in [2.75, 3.05) is 7.11 Å². The van der Waals surface area contributed by atoms with E-state index in [1.54, 1.807) is 7.11 Å². The van der Waals surface area contributed by atoms with Crippen LogP contribution in [0.2, 0.25) is 0 Å². The van der Waals surface area contributed by atoms with Gasteiger partial charge in [-0.05, 0) is 59.3 Å². The fourth-order valence-corrected chi connectivity index (χ4v) is 4.09. The van der Waals surface area contributed by atoms with E-state index in [0.29, 0.717) is 0 Å². The third-order valence-corrected chi connectivity index (χ3v) is 5.61. The van der Waals surface area contributed by atoms with Crippen LogP contribution in [-0.4, -0.2) is 7.11 Å². The van der Waals surface area contributed by atoms with Crippen LogP contribution in [-0.2, 0) is 0 Å². The molecule has 4 rings (SSSR count). The van der Waals surface area contributed by atoms with Gasteiger partial charge in [-0.1, -0.05) is 60.2 Å². The molecule has 0 fully saturated rings. The number of methoxy groups -OCH3 is 1. The molecule has 0 radical (unpaired) electrons. The maximum atomic E-state index is 6.44. The first-order valence-corrected chi connectivity index (χ1v) is 9.84. The summed E-state index contributed by atoms with van der Waals surface area (Å²) in [6.07, 6.45) is 0. The van der Waals surface area contributed by atoms with Gasteiger partial charge in [0.2, 0.25) is 0 Å². The summed E-state index contributed by atoms with van der Waals surface area (Å²) in [4.78, 5) is 0. The minimum absolute atomic E-state index is 0.833.